The van der Waals surface area contributed by atoms with E-state index in [1.807, 2.05) is 0 Å². The Hall–Kier alpha value is -1.96. The maximum atomic E-state index is 11.1. The Morgan fingerprint density at radius 3 is 1.48 bits per heavy atom. The summed E-state index contributed by atoms with van der Waals surface area (Å²) in [5.74, 6) is 2.06. The summed E-state index contributed by atoms with van der Waals surface area (Å²) in [7, 11) is 0. The van der Waals surface area contributed by atoms with Crippen LogP contribution in [0.1, 0.15) is 171 Å². The van der Waals surface area contributed by atoms with Crippen molar-refractivity contribution in [2.45, 2.75) is 160 Å². The zero-order chi connectivity index (χ0) is 29.4. The summed E-state index contributed by atoms with van der Waals surface area (Å²) in [5, 5.41) is 22.3. The highest BCUT2D eigenvalue weighted by molar-refractivity contribution is 5.48. The van der Waals surface area contributed by atoms with Crippen LogP contribution in [0, 0.1) is 16.2 Å². The van der Waals surface area contributed by atoms with E-state index in [1.54, 1.807) is 0 Å². The van der Waals surface area contributed by atoms with Crippen molar-refractivity contribution in [1.82, 2.24) is 0 Å². The second kappa shape index (κ2) is 10.0. The van der Waals surface area contributed by atoms with E-state index in [-0.39, 0.29) is 21.7 Å². The molecule has 8 rings (SSSR count). The summed E-state index contributed by atoms with van der Waals surface area (Å²) < 4.78 is 0. The van der Waals surface area contributed by atoms with Gasteiger partial charge in [0.15, 0.2) is 0 Å². The maximum absolute atomic E-state index is 11.1. The molecule has 228 valence electrons. The standard InChI is InChI=1S/C40H56O2/c1-5-37-22-38(30-16-18-34(41)32(20-30)28-12-8-6-9-13-28)25-39(23-37,27-40(24-37,26-38)36(2,3)4)31-17-19-35(42)33(21-31)29-14-10-7-11-15-29/h16-21,28-29,41-42H,5-15,22-27H2,1-4H3. The molecule has 0 spiro atoms. The highest BCUT2D eigenvalue weighted by Crippen LogP contribution is 2.78. The number of phenolic OH excluding ortho intramolecular Hbond substituents is 2. The van der Waals surface area contributed by atoms with Gasteiger partial charge in [0.2, 0.25) is 0 Å². The van der Waals surface area contributed by atoms with Crippen molar-refractivity contribution in [3.05, 3.63) is 58.7 Å². The highest BCUT2D eigenvalue weighted by Gasteiger charge is 2.70. The Bertz CT molecular complexity index is 1230. The summed E-state index contributed by atoms with van der Waals surface area (Å²) in [6.45, 7) is 10.1. The molecule has 6 aliphatic rings. The van der Waals surface area contributed by atoms with Crippen LogP contribution >= 0.6 is 0 Å². The third-order valence-corrected chi connectivity index (χ3v) is 13.9. The molecule has 0 saturated heterocycles. The molecule has 6 saturated carbocycles. The van der Waals surface area contributed by atoms with Crippen LogP contribution in [-0.4, -0.2) is 10.2 Å². The lowest BCUT2D eigenvalue weighted by Crippen LogP contribution is -2.66. The van der Waals surface area contributed by atoms with Crippen LogP contribution in [0.4, 0.5) is 0 Å². The van der Waals surface area contributed by atoms with Crippen LogP contribution in [0.15, 0.2) is 36.4 Å². The van der Waals surface area contributed by atoms with Gasteiger partial charge in [-0.2, -0.15) is 0 Å². The number of hydrogen-bond donors (Lipinski definition) is 2. The van der Waals surface area contributed by atoms with Crippen LogP contribution < -0.4 is 0 Å². The van der Waals surface area contributed by atoms with E-state index < -0.39 is 0 Å². The van der Waals surface area contributed by atoms with Crippen molar-refractivity contribution in [2.24, 2.45) is 16.2 Å². The second-order valence-electron chi connectivity index (χ2n) is 17.2. The Labute approximate surface area is 255 Å². The summed E-state index contributed by atoms with van der Waals surface area (Å²) >= 11 is 0. The van der Waals surface area contributed by atoms with Gasteiger partial charge in [-0.1, -0.05) is 96.9 Å². The predicted molar refractivity (Wildman–Crippen MR) is 174 cm³/mol. The molecule has 0 aliphatic heterocycles. The van der Waals surface area contributed by atoms with E-state index in [1.165, 1.54) is 131 Å². The Kier molecular flexibility index (Phi) is 6.88. The zero-order valence-electron chi connectivity index (χ0n) is 27.0. The molecule has 0 amide bonds. The monoisotopic (exact) mass is 568 g/mol. The van der Waals surface area contributed by atoms with E-state index >= 15 is 0 Å². The van der Waals surface area contributed by atoms with E-state index in [0.717, 1.165) is 0 Å². The van der Waals surface area contributed by atoms with Crippen LogP contribution in [0.3, 0.4) is 0 Å². The van der Waals surface area contributed by atoms with Gasteiger partial charge in [-0.25, -0.2) is 0 Å². The Morgan fingerprint density at radius 1 is 0.619 bits per heavy atom. The van der Waals surface area contributed by atoms with Gasteiger partial charge in [0.05, 0.1) is 0 Å². The quantitative estimate of drug-likeness (QED) is 0.376. The molecule has 2 aromatic carbocycles. The molecule has 6 aliphatic carbocycles. The third kappa shape index (κ3) is 4.47. The smallest absolute Gasteiger partial charge is 0.119 e. The minimum atomic E-state index is 0.137. The Morgan fingerprint density at radius 2 is 1.07 bits per heavy atom. The minimum Gasteiger partial charge on any atom is -0.508 e. The molecule has 2 atom stereocenters. The van der Waals surface area contributed by atoms with Crippen molar-refractivity contribution in [1.29, 1.82) is 0 Å². The van der Waals surface area contributed by atoms with Gasteiger partial charge in [-0.05, 0) is 138 Å². The van der Waals surface area contributed by atoms with Crippen molar-refractivity contribution in [3.63, 3.8) is 0 Å². The lowest BCUT2D eigenvalue weighted by atomic mass is 9.30. The molecular weight excluding hydrogens is 512 g/mol. The fraction of sp³-hybridized carbons (Fsp3) is 0.700. The van der Waals surface area contributed by atoms with Crippen molar-refractivity contribution in [2.75, 3.05) is 0 Å². The minimum absolute atomic E-state index is 0.137. The first-order valence-electron chi connectivity index (χ1n) is 17.7. The molecule has 2 N–H and O–H groups in total. The molecule has 42 heavy (non-hydrogen) atoms. The molecule has 2 heteroatoms. The van der Waals surface area contributed by atoms with Gasteiger partial charge in [-0.3, -0.25) is 0 Å². The summed E-state index contributed by atoms with van der Waals surface area (Å²) in [6.07, 6.45) is 21.7. The first kappa shape index (κ1) is 28.8. The van der Waals surface area contributed by atoms with Gasteiger partial charge >= 0.3 is 0 Å². The largest absolute Gasteiger partial charge is 0.508 e. The number of aromatic hydroxyl groups is 2. The number of rotatable bonds is 5. The van der Waals surface area contributed by atoms with E-state index in [9.17, 15) is 10.2 Å². The fourth-order valence-electron chi connectivity index (χ4n) is 11.9. The second-order valence-corrected chi connectivity index (χ2v) is 17.2. The molecule has 0 aromatic heterocycles. The molecule has 2 nitrogen and oxygen atoms in total. The van der Waals surface area contributed by atoms with Gasteiger partial charge in [0, 0.05) is 0 Å². The van der Waals surface area contributed by atoms with Gasteiger partial charge in [0.25, 0.3) is 0 Å². The number of benzene rings is 2. The van der Waals surface area contributed by atoms with Crippen molar-refractivity contribution >= 4 is 0 Å². The van der Waals surface area contributed by atoms with Gasteiger partial charge in [0.1, 0.15) is 11.5 Å². The van der Waals surface area contributed by atoms with Gasteiger partial charge < -0.3 is 10.2 Å². The highest BCUT2D eigenvalue weighted by atomic mass is 16.3. The molecule has 2 unspecified atom stereocenters. The van der Waals surface area contributed by atoms with Crippen LogP contribution in [0.5, 0.6) is 11.5 Å². The average Bonchev–Trinajstić information content (AvgIpc) is 2.97. The average molecular weight is 569 g/mol. The molecular formula is C40H56O2. The third-order valence-electron chi connectivity index (χ3n) is 13.9. The first-order valence-corrected chi connectivity index (χ1v) is 17.7. The van der Waals surface area contributed by atoms with E-state index in [2.05, 4.69) is 64.1 Å². The number of phenols is 2. The molecule has 0 heterocycles. The molecule has 4 bridgehead atoms. The summed E-state index contributed by atoms with van der Waals surface area (Å²) in [5.41, 5.74) is 6.61. The normalized spacial score (nSPS) is 35.5. The summed E-state index contributed by atoms with van der Waals surface area (Å²) in [6, 6.07) is 13.8. The fourth-order valence-corrected chi connectivity index (χ4v) is 11.9. The predicted octanol–water partition coefficient (Wildman–Crippen LogP) is 11.2. The maximum Gasteiger partial charge on any atom is 0.119 e. The van der Waals surface area contributed by atoms with Crippen LogP contribution in [0.25, 0.3) is 0 Å². The molecule has 0 radical (unpaired) electrons. The zero-order valence-corrected chi connectivity index (χ0v) is 27.0. The Balaban J connectivity index is 1.38. The summed E-state index contributed by atoms with van der Waals surface area (Å²) in [4.78, 5) is 0. The SMILES string of the molecule is CCC12CC3(c4ccc(O)c(C5CCCCC5)c4)CC(c4ccc(O)c(C5CCCCC5)c4)(C1)CC(C(C)(C)C)(C2)C3. The first-order chi connectivity index (χ1) is 20.0. The topological polar surface area (TPSA) is 40.5 Å². The lowest BCUT2D eigenvalue weighted by Gasteiger charge is -2.74. The van der Waals surface area contributed by atoms with Crippen LogP contribution in [0.2, 0.25) is 0 Å². The lowest BCUT2D eigenvalue weighted by molar-refractivity contribution is -0.183. The van der Waals surface area contributed by atoms with E-state index in [4.69, 9.17) is 0 Å². The van der Waals surface area contributed by atoms with E-state index in [0.29, 0.717) is 28.7 Å². The molecule has 6 fully saturated rings. The van der Waals surface area contributed by atoms with Crippen LogP contribution in [-0.2, 0) is 10.8 Å². The van der Waals surface area contributed by atoms with Crippen molar-refractivity contribution < 1.29 is 10.2 Å². The van der Waals surface area contributed by atoms with Crippen molar-refractivity contribution in [3.8, 4) is 11.5 Å². The molecule has 2 aromatic rings. The number of hydrogen-bond acceptors (Lipinski definition) is 2. The van der Waals surface area contributed by atoms with Gasteiger partial charge in [-0.15, -0.1) is 0 Å².